The summed E-state index contributed by atoms with van der Waals surface area (Å²) in [6, 6.07) is 0. The molecule has 1 heterocycles. The first-order valence-corrected chi connectivity index (χ1v) is 5.93. The van der Waals surface area contributed by atoms with E-state index in [9.17, 15) is 4.79 Å². The van der Waals surface area contributed by atoms with E-state index in [4.69, 9.17) is 16.3 Å². The van der Waals surface area contributed by atoms with Gasteiger partial charge in [0.1, 0.15) is 5.60 Å². The number of carbonyl (C=O) groups is 1. The van der Waals surface area contributed by atoms with E-state index < -0.39 is 11.7 Å². The predicted octanol–water partition coefficient (Wildman–Crippen LogP) is 1.70. The maximum Gasteiger partial charge on any atom is 0.422 e. The Morgan fingerprint density at radius 2 is 2.00 bits per heavy atom. The minimum absolute atomic E-state index is 0.221. The molecule has 100 valence electrons. The number of halogens is 1. The zero-order chi connectivity index (χ0) is 13.6. The van der Waals surface area contributed by atoms with E-state index in [0.717, 1.165) is 5.56 Å². The molecule has 18 heavy (non-hydrogen) atoms. The Bertz CT molecular complexity index is 389. The molecule has 0 radical (unpaired) electrons. The van der Waals surface area contributed by atoms with Crippen molar-refractivity contribution in [2.24, 2.45) is 0 Å². The second kappa shape index (κ2) is 6.51. The largest absolute Gasteiger partial charge is 0.443 e. The third-order valence-corrected chi connectivity index (χ3v) is 2.00. The summed E-state index contributed by atoms with van der Waals surface area (Å²) in [6.45, 7) is 5.96. The number of nitrogens with zero attached hydrogens (tertiary/aromatic N) is 2. The number of ether oxygens (including phenoxy) is 1. The topological polar surface area (TPSA) is 76.1 Å². The molecule has 1 rings (SSSR count). The second-order valence-corrected chi connectivity index (χ2v) is 5.00. The van der Waals surface area contributed by atoms with Crippen LogP contribution in [0.15, 0.2) is 12.4 Å². The number of aromatic nitrogens is 2. The SMILES string of the molecule is CC(C)(C)OC(=O)NNCCc1cnc(Cl)nc1. The monoisotopic (exact) mass is 272 g/mol. The van der Waals surface area contributed by atoms with E-state index in [1.54, 1.807) is 33.2 Å². The first-order chi connectivity index (χ1) is 8.37. The molecule has 0 atom stereocenters. The van der Waals surface area contributed by atoms with Gasteiger partial charge in [-0.25, -0.2) is 20.2 Å². The van der Waals surface area contributed by atoms with E-state index in [2.05, 4.69) is 20.8 Å². The van der Waals surface area contributed by atoms with Crippen LogP contribution in [-0.2, 0) is 11.2 Å². The van der Waals surface area contributed by atoms with Crippen LogP contribution in [0.25, 0.3) is 0 Å². The molecule has 0 aliphatic carbocycles. The maximum atomic E-state index is 11.3. The fraction of sp³-hybridized carbons (Fsp3) is 0.545. The molecule has 0 saturated carbocycles. The van der Waals surface area contributed by atoms with Crippen molar-refractivity contribution in [1.29, 1.82) is 0 Å². The van der Waals surface area contributed by atoms with Gasteiger partial charge in [0.25, 0.3) is 0 Å². The number of hydrogen-bond acceptors (Lipinski definition) is 5. The van der Waals surface area contributed by atoms with Gasteiger partial charge in [0.2, 0.25) is 5.28 Å². The minimum atomic E-state index is -0.505. The van der Waals surface area contributed by atoms with Crippen molar-refractivity contribution in [3.63, 3.8) is 0 Å². The van der Waals surface area contributed by atoms with E-state index in [1.165, 1.54) is 0 Å². The van der Waals surface area contributed by atoms with Gasteiger partial charge in [-0.1, -0.05) is 0 Å². The van der Waals surface area contributed by atoms with Crippen LogP contribution < -0.4 is 10.9 Å². The summed E-state index contributed by atoms with van der Waals surface area (Å²) in [6.07, 6.45) is 3.46. The first-order valence-electron chi connectivity index (χ1n) is 5.55. The highest BCUT2D eigenvalue weighted by Gasteiger charge is 2.15. The average Bonchev–Trinajstić information content (AvgIpc) is 2.24. The van der Waals surface area contributed by atoms with Crippen molar-refractivity contribution in [1.82, 2.24) is 20.8 Å². The van der Waals surface area contributed by atoms with Crippen LogP contribution in [-0.4, -0.2) is 28.2 Å². The molecule has 0 unspecified atom stereocenters. The molecule has 1 amide bonds. The molecule has 6 nitrogen and oxygen atoms in total. The van der Waals surface area contributed by atoms with Crippen LogP contribution in [0.2, 0.25) is 5.28 Å². The molecule has 7 heteroatoms. The number of amides is 1. The van der Waals surface area contributed by atoms with E-state index >= 15 is 0 Å². The lowest BCUT2D eigenvalue weighted by molar-refractivity contribution is 0.0499. The van der Waals surface area contributed by atoms with Crippen molar-refractivity contribution < 1.29 is 9.53 Å². The molecular formula is C11H17ClN4O2. The van der Waals surface area contributed by atoms with Gasteiger partial charge in [-0.2, -0.15) is 0 Å². The lowest BCUT2D eigenvalue weighted by Gasteiger charge is -2.19. The van der Waals surface area contributed by atoms with Crippen molar-refractivity contribution in [2.75, 3.05) is 6.54 Å². The van der Waals surface area contributed by atoms with Crippen molar-refractivity contribution in [2.45, 2.75) is 32.8 Å². The number of hydrazine groups is 1. The Labute approximate surface area is 111 Å². The van der Waals surface area contributed by atoms with Gasteiger partial charge in [0.05, 0.1) is 0 Å². The molecule has 0 aliphatic heterocycles. The number of carbonyl (C=O) groups excluding carboxylic acids is 1. The van der Waals surface area contributed by atoms with Crippen LogP contribution in [0.3, 0.4) is 0 Å². The smallest absolute Gasteiger partial charge is 0.422 e. The van der Waals surface area contributed by atoms with Gasteiger partial charge in [0, 0.05) is 18.9 Å². The summed E-state index contributed by atoms with van der Waals surface area (Å²) in [5.74, 6) is 0. The highest BCUT2D eigenvalue weighted by atomic mass is 35.5. The van der Waals surface area contributed by atoms with Gasteiger partial charge >= 0.3 is 6.09 Å². The fourth-order valence-electron chi connectivity index (χ4n) is 1.11. The molecule has 0 aromatic carbocycles. The molecule has 0 fully saturated rings. The van der Waals surface area contributed by atoms with Crippen molar-refractivity contribution >= 4 is 17.7 Å². The molecule has 1 aromatic heterocycles. The Morgan fingerprint density at radius 3 is 2.56 bits per heavy atom. The number of hydrogen-bond donors (Lipinski definition) is 2. The molecule has 2 N–H and O–H groups in total. The van der Waals surface area contributed by atoms with E-state index in [0.29, 0.717) is 13.0 Å². The minimum Gasteiger partial charge on any atom is -0.443 e. The second-order valence-electron chi connectivity index (χ2n) is 4.66. The third kappa shape index (κ3) is 6.36. The Balaban J connectivity index is 2.19. The highest BCUT2D eigenvalue weighted by Crippen LogP contribution is 2.05. The molecular weight excluding hydrogens is 256 g/mol. The Hall–Kier alpha value is -1.40. The fourth-order valence-corrected chi connectivity index (χ4v) is 1.21. The molecule has 0 spiro atoms. The first kappa shape index (κ1) is 14.7. The zero-order valence-corrected chi connectivity index (χ0v) is 11.4. The van der Waals surface area contributed by atoms with Gasteiger partial charge in [-0.15, -0.1) is 0 Å². The summed E-state index contributed by atoms with van der Waals surface area (Å²) >= 11 is 5.56. The summed E-state index contributed by atoms with van der Waals surface area (Å²) in [7, 11) is 0. The number of rotatable bonds is 4. The number of nitrogens with one attached hydrogen (secondary N) is 2. The van der Waals surface area contributed by atoms with Crippen LogP contribution in [0.4, 0.5) is 4.79 Å². The van der Waals surface area contributed by atoms with Gasteiger partial charge in [-0.3, -0.25) is 5.43 Å². The summed E-state index contributed by atoms with van der Waals surface area (Å²) in [5, 5.41) is 0.221. The van der Waals surface area contributed by atoms with Crippen LogP contribution in [0, 0.1) is 0 Å². The zero-order valence-electron chi connectivity index (χ0n) is 10.7. The standard InChI is InChI=1S/C11H17ClN4O2/c1-11(2,3)18-10(17)16-15-5-4-8-6-13-9(12)14-7-8/h6-7,15H,4-5H2,1-3H3,(H,16,17). The van der Waals surface area contributed by atoms with Crippen LogP contribution in [0.1, 0.15) is 26.3 Å². The lowest BCUT2D eigenvalue weighted by Crippen LogP contribution is -2.42. The summed E-state index contributed by atoms with van der Waals surface area (Å²) < 4.78 is 5.05. The van der Waals surface area contributed by atoms with Crippen molar-refractivity contribution in [3.8, 4) is 0 Å². The van der Waals surface area contributed by atoms with Gasteiger partial charge < -0.3 is 4.74 Å². The highest BCUT2D eigenvalue weighted by molar-refractivity contribution is 6.28. The summed E-state index contributed by atoms with van der Waals surface area (Å²) in [5.41, 5.74) is 5.62. The summed E-state index contributed by atoms with van der Waals surface area (Å²) in [4.78, 5) is 19.0. The normalized spacial score (nSPS) is 11.1. The molecule has 0 bridgehead atoms. The Kier molecular flexibility index (Phi) is 5.30. The van der Waals surface area contributed by atoms with Crippen molar-refractivity contribution in [3.05, 3.63) is 23.2 Å². The lowest BCUT2D eigenvalue weighted by atomic mass is 10.2. The van der Waals surface area contributed by atoms with Crippen LogP contribution >= 0.6 is 11.6 Å². The van der Waals surface area contributed by atoms with Gasteiger partial charge in [-0.05, 0) is 44.4 Å². The molecule has 0 saturated heterocycles. The quantitative estimate of drug-likeness (QED) is 0.496. The van der Waals surface area contributed by atoms with E-state index in [1.807, 2.05) is 0 Å². The van der Waals surface area contributed by atoms with Gasteiger partial charge in [0.15, 0.2) is 0 Å². The Morgan fingerprint density at radius 1 is 1.39 bits per heavy atom. The average molecular weight is 273 g/mol. The van der Waals surface area contributed by atoms with Crippen LogP contribution in [0.5, 0.6) is 0 Å². The van der Waals surface area contributed by atoms with E-state index in [-0.39, 0.29) is 5.28 Å². The molecule has 1 aromatic rings. The maximum absolute atomic E-state index is 11.3. The predicted molar refractivity (Wildman–Crippen MR) is 68.1 cm³/mol. The third-order valence-electron chi connectivity index (χ3n) is 1.80. The molecule has 0 aliphatic rings.